The standard InChI is InChI=1S/C14H19N2O/c1-2-4-13(5-3-1)17-14-10-12(11-14)16-8-6-15-7-9-16/h2-5,12,14-15H,6-11H2. The first-order valence-corrected chi connectivity index (χ1v) is 6.49. The van der Waals surface area contributed by atoms with Gasteiger partial charge >= 0.3 is 0 Å². The molecule has 1 radical (unpaired) electrons. The van der Waals surface area contributed by atoms with E-state index in [0.29, 0.717) is 6.10 Å². The minimum atomic E-state index is 0.414. The highest BCUT2D eigenvalue weighted by Crippen LogP contribution is 2.29. The third-order valence-electron chi connectivity index (χ3n) is 3.73. The Hall–Kier alpha value is -1.06. The number of hydrogen-bond acceptors (Lipinski definition) is 3. The maximum absolute atomic E-state index is 5.91. The molecule has 3 heteroatoms. The van der Waals surface area contributed by atoms with E-state index in [-0.39, 0.29) is 0 Å². The van der Waals surface area contributed by atoms with Crippen molar-refractivity contribution in [1.82, 2.24) is 10.2 Å². The fraction of sp³-hybridized carbons (Fsp3) is 0.571. The average Bonchev–Trinajstić information content (AvgIpc) is 2.36. The van der Waals surface area contributed by atoms with Crippen LogP contribution in [0.4, 0.5) is 0 Å². The Morgan fingerprint density at radius 1 is 1.18 bits per heavy atom. The molecule has 0 unspecified atom stereocenters. The van der Waals surface area contributed by atoms with Crippen LogP contribution in [0.2, 0.25) is 0 Å². The third kappa shape index (κ3) is 2.61. The molecule has 0 atom stereocenters. The monoisotopic (exact) mass is 231 g/mol. The van der Waals surface area contributed by atoms with Crippen molar-refractivity contribution in [2.75, 3.05) is 26.2 Å². The zero-order valence-corrected chi connectivity index (χ0v) is 10.1. The molecule has 17 heavy (non-hydrogen) atoms. The van der Waals surface area contributed by atoms with Gasteiger partial charge in [-0.3, -0.25) is 4.90 Å². The fourth-order valence-electron chi connectivity index (χ4n) is 2.62. The SMILES string of the molecule is [c]1ccc(OC2CC(N3CCNCC3)C2)cc1. The molecule has 1 saturated heterocycles. The molecular formula is C14H19N2O. The van der Waals surface area contributed by atoms with Crippen LogP contribution < -0.4 is 10.1 Å². The van der Waals surface area contributed by atoms with Gasteiger partial charge in [-0.15, -0.1) is 0 Å². The molecule has 0 aromatic heterocycles. The van der Waals surface area contributed by atoms with Crippen LogP contribution in [0.3, 0.4) is 0 Å². The molecule has 3 rings (SSSR count). The van der Waals surface area contributed by atoms with E-state index in [2.05, 4.69) is 16.3 Å². The summed E-state index contributed by atoms with van der Waals surface area (Å²) in [7, 11) is 0. The summed E-state index contributed by atoms with van der Waals surface area (Å²) in [5, 5.41) is 3.39. The summed E-state index contributed by atoms with van der Waals surface area (Å²) in [6.07, 6.45) is 2.77. The number of hydrogen-bond donors (Lipinski definition) is 1. The van der Waals surface area contributed by atoms with Gasteiger partial charge in [-0.2, -0.15) is 0 Å². The van der Waals surface area contributed by atoms with Crippen molar-refractivity contribution in [2.24, 2.45) is 0 Å². The molecule has 0 spiro atoms. The second kappa shape index (κ2) is 5.07. The van der Waals surface area contributed by atoms with Crippen LogP contribution in [-0.4, -0.2) is 43.2 Å². The Morgan fingerprint density at radius 3 is 2.59 bits per heavy atom. The summed E-state index contributed by atoms with van der Waals surface area (Å²) in [6.45, 7) is 4.66. The van der Waals surface area contributed by atoms with Crippen LogP contribution >= 0.6 is 0 Å². The van der Waals surface area contributed by atoms with Crippen molar-refractivity contribution in [1.29, 1.82) is 0 Å². The number of nitrogens with one attached hydrogen (secondary N) is 1. The maximum atomic E-state index is 5.91. The molecule has 1 aliphatic carbocycles. The van der Waals surface area contributed by atoms with Gasteiger partial charge in [0.25, 0.3) is 0 Å². The van der Waals surface area contributed by atoms with Crippen molar-refractivity contribution in [2.45, 2.75) is 25.0 Å². The highest BCUT2D eigenvalue weighted by atomic mass is 16.5. The molecule has 0 amide bonds. The number of rotatable bonds is 3. The first-order chi connectivity index (χ1) is 8.42. The van der Waals surface area contributed by atoms with Crippen LogP contribution in [0.25, 0.3) is 0 Å². The summed E-state index contributed by atoms with van der Waals surface area (Å²) in [5.41, 5.74) is 0. The topological polar surface area (TPSA) is 24.5 Å². The first kappa shape index (κ1) is 11.1. The molecule has 1 aromatic carbocycles. The lowest BCUT2D eigenvalue weighted by molar-refractivity contribution is 0.0120. The summed E-state index contributed by atoms with van der Waals surface area (Å²) in [5.74, 6) is 0.979. The molecule has 91 valence electrons. The van der Waals surface area contributed by atoms with E-state index in [1.54, 1.807) is 0 Å². The maximum Gasteiger partial charge on any atom is 0.119 e. The summed E-state index contributed by atoms with van der Waals surface area (Å²) in [6, 6.07) is 11.5. The number of piperazine rings is 1. The van der Waals surface area contributed by atoms with E-state index in [1.165, 1.54) is 25.9 Å². The second-order valence-electron chi connectivity index (χ2n) is 4.89. The quantitative estimate of drug-likeness (QED) is 0.848. The Morgan fingerprint density at radius 2 is 1.88 bits per heavy atom. The molecule has 1 heterocycles. The van der Waals surface area contributed by atoms with E-state index >= 15 is 0 Å². The van der Waals surface area contributed by atoms with Gasteiger partial charge in [-0.05, 0) is 18.2 Å². The van der Waals surface area contributed by atoms with Gasteiger partial charge in [-0.1, -0.05) is 12.1 Å². The van der Waals surface area contributed by atoms with Crippen molar-refractivity contribution < 1.29 is 4.74 Å². The number of benzene rings is 1. The van der Waals surface area contributed by atoms with Gasteiger partial charge in [0.15, 0.2) is 0 Å². The Bertz CT molecular complexity index is 342. The van der Waals surface area contributed by atoms with Crippen molar-refractivity contribution in [3.8, 4) is 5.75 Å². The van der Waals surface area contributed by atoms with Crippen LogP contribution in [0.1, 0.15) is 12.8 Å². The van der Waals surface area contributed by atoms with Crippen LogP contribution in [0.15, 0.2) is 24.3 Å². The first-order valence-electron chi connectivity index (χ1n) is 6.49. The minimum absolute atomic E-state index is 0.414. The van der Waals surface area contributed by atoms with Crippen LogP contribution in [-0.2, 0) is 0 Å². The van der Waals surface area contributed by atoms with E-state index in [0.717, 1.165) is 24.9 Å². The highest BCUT2D eigenvalue weighted by Gasteiger charge is 2.35. The lowest BCUT2D eigenvalue weighted by Crippen LogP contribution is -2.55. The highest BCUT2D eigenvalue weighted by molar-refractivity contribution is 5.21. The molecule has 1 aliphatic heterocycles. The largest absolute Gasteiger partial charge is 0.490 e. The normalized spacial score (nSPS) is 29.6. The van der Waals surface area contributed by atoms with Gasteiger partial charge in [0.1, 0.15) is 11.9 Å². The van der Waals surface area contributed by atoms with Crippen molar-refractivity contribution in [3.63, 3.8) is 0 Å². The molecule has 2 aliphatic rings. The number of nitrogens with zero attached hydrogens (tertiary/aromatic N) is 1. The smallest absolute Gasteiger partial charge is 0.119 e. The van der Waals surface area contributed by atoms with Gasteiger partial charge < -0.3 is 10.1 Å². The molecule has 2 fully saturated rings. The van der Waals surface area contributed by atoms with Gasteiger partial charge in [0, 0.05) is 45.1 Å². The zero-order valence-electron chi connectivity index (χ0n) is 10.1. The number of ether oxygens (including phenoxy) is 1. The van der Waals surface area contributed by atoms with Gasteiger partial charge in [0.05, 0.1) is 0 Å². The molecule has 3 nitrogen and oxygen atoms in total. The molecule has 1 N–H and O–H groups in total. The average molecular weight is 231 g/mol. The summed E-state index contributed by atoms with van der Waals surface area (Å²) in [4.78, 5) is 2.59. The van der Waals surface area contributed by atoms with E-state index in [9.17, 15) is 0 Å². The van der Waals surface area contributed by atoms with Crippen LogP contribution in [0, 0.1) is 6.07 Å². The summed E-state index contributed by atoms with van der Waals surface area (Å²) < 4.78 is 5.91. The third-order valence-corrected chi connectivity index (χ3v) is 3.73. The lowest BCUT2D eigenvalue weighted by Gasteiger charge is -2.44. The van der Waals surface area contributed by atoms with Gasteiger partial charge in [0.2, 0.25) is 0 Å². The van der Waals surface area contributed by atoms with Crippen LogP contribution in [0.5, 0.6) is 5.75 Å². The van der Waals surface area contributed by atoms with E-state index in [1.807, 2.05) is 24.3 Å². The van der Waals surface area contributed by atoms with E-state index in [4.69, 9.17) is 4.74 Å². The predicted octanol–water partition coefficient (Wildman–Crippen LogP) is 1.30. The summed E-state index contributed by atoms with van der Waals surface area (Å²) >= 11 is 0. The predicted molar refractivity (Wildman–Crippen MR) is 67.2 cm³/mol. The Labute approximate surface area is 103 Å². The van der Waals surface area contributed by atoms with Crippen molar-refractivity contribution >= 4 is 0 Å². The van der Waals surface area contributed by atoms with Crippen molar-refractivity contribution in [3.05, 3.63) is 30.3 Å². The fourth-order valence-corrected chi connectivity index (χ4v) is 2.62. The molecule has 1 saturated carbocycles. The molecule has 1 aromatic rings. The second-order valence-corrected chi connectivity index (χ2v) is 4.89. The minimum Gasteiger partial charge on any atom is -0.490 e. The van der Waals surface area contributed by atoms with E-state index < -0.39 is 0 Å². The zero-order chi connectivity index (χ0) is 11.5. The Kier molecular flexibility index (Phi) is 3.29. The lowest BCUT2D eigenvalue weighted by atomic mass is 9.87. The van der Waals surface area contributed by atoms with Gasteiger partial charge in [-0.25, -0.2) is 0 Å². The Balaban J connectivity index is 1.45. The molecular weight excluding hydrogens is 212 g/mol. The molecule has 0 bridgehead atoms.